The summed E-state index contributed by atoms with van der Waals surface area (Å²) >= 11 is 0. The molecule has 0 radical (unpaired) electrons. The molecule has 0 fully saturated rings. The van der Waals surface area contributed by atoms with E-state index in [4.69, 9.17) is 0 Å². The molecule has 1 aromatic carbocycles. The van der Waals surface area contributed by atoms with Crippen molar-refractivity contribution in [3.05, 3.63) is 53.6 Å². The highest BCUT2D eigenvalue weighted by Crippen LogP contribution is 2.14. The van der Waals surface area contributed by atoms with Gasteiger partial charge in [-0.1, -0.05) is 6.07 Å². The van der Waals surface area contributed by atoms with Gasteiger partial charge < -0.3 is 9.88 Å². The Morgan fingerprint density at radius 2 is 2.05 bits per heavy atom. The Morgan fingerprint density at radius 3 is 2.68 bits per heavy atom. The van der Waals surface area contributed by atoms with Gasteiger partial charge >= 0.3 is 0 Å². The molecular weight excluding hydrogens is 252 g/mol. The maximum atomic E-state index is 13.5. The molecular formula is C13H13F2N3O. The van der Waals surface area contributed by atoms with E-state index < -0.39 is 11.6 Å². The first-order valence-corrected chi connectivity index (χ1v) is 5.85. The number of benzene rings is 1. The second-order valence-corrected chi connectivity index (χ2v) is 3.94. The van der Waals surface area contributed by atoms with Gasteiger partial charge in [-0.3, -0.25) is 4.79 Å². The van der Waals surface area contributed by atoms with Gasteiger partial charge in [-0.25, -0.2) is 13.8 Å². The number of imidazole rings is 1. The van der Waals surface area contributed by atoms with Crippen LogP contribution in [-0.2, 0) is 6.54 Å². The first kappa shape index (κ1) is 13.2. The largest absolute Gasteiger partial charge is 0.350 e. The number of nitrogens with one attached hydrogen (secondary N) is 1. The first-order chi connectivity index (χ1) is 9.13. The van der Waals surface area contributed by atoms with Gasteiger partial charge in [0.15, 0.2) is 5.82 Å². The van der Waals surface area contributed by atoms with Crippen LogP contribution in [0.5, 0.6) is 0 Å². The van der Waals surface area contributed by atoms with Gasteiger partial charge in [0.1, 0.15) is 11.6 Å². The quantitative estimate of drug-likeness (QED) is 0.918. The van der Waals surface area contributed by atoms with E-state index in [1.54, 1.807) is 6.92 Å². The Bertz CT molecular complexity index is 575. The molecule has 2 rings (SSSR count). The minimum Gasteiger partial charge on any atom is -0.350 e. The van der Waals surface area contributed by atoms with Crippen molar-refractivity contribution in [3.8, 4) is 0 Å². The van der Waals surface area contributed by atoms with E-state index in [1.807, 2.05) is 0 Å². The van der Waals surface area contributed by atoms with Crippen molar-refractivity contribution in [1.29, 1.82) is 0 Å². The predicted octanol–water partition coefficient (Wildman–Crippen LogP) is 1.96. The molecule has 0 atom stereocenters. The summed E-state index contributed by atoms with van der Waals surface area (Å²) < 4.78 is 28.5. The Kier molecular flexibility index (Phi) is 3.89. The van der Waals surface area contributed by atoms with Crippen LogP contribution < -0.4 is 5.32 Å². The summed E-state index contributed by atoms with van der Waals surface area (Å²) in [7, 11) is 0. The molecule has 1 heterocycles. The van der Waals surface area contributed by atoms with Crippen molar-refractivity contribution >= 4 is 5.91 Å². The molecule has 0 saturated heterocycles. The zero-order valence-electron chi connectivity index (χ0n) is 10.4. The molecule has 0 unspecified atom stereocenters. The van der Waals surface area contributed by atoms with Gasteiger partial charge in [-0.15, -0.1) is 0 Å². The molecule has 6 heteroatoms. The van der Waals surface area contributed by atoms with Crippen LogP contribution in [0.1, 0.15) is 23.1 Å². The number of amides is 1. The molecule has 1 amide bonds. The second kappa shape index (κ2) is 5.60. The number of nitrogens with zero attached hydrogens (tertiary/aromatic N) is 2. The monoisotopic (exact) mass is 265 g/mol. The predicted molar refractivity (Wildman–Crippen MR) is 65.7 cm³/mol. The fourth-order valence-electron chi connectivity index (χ4n) is 1.74. The number of aromatic nitrogens is 2. The average molecular weight is 265 g/mol. The number of hydrogen-bond acceptors (Lipinski definition) is 2. The lowest BCUT2D eigenvalue weighted by molar-refractivity contribution is 0.0941. The standard InChI is InChI=1S/C13H13F2N3O/c1-2-16-13(19)12-17-6-7-18(12)8-9-10(14)4-3-5-11(9)15/h3-7H,2,8H2,1H3,(H,16,19). The fraction of sp³-hybridized carbons (Fsp3) is 0.231. The summed E-state index contributed by atoms with van der Waals surface area (Å²) in [6.07, 6.45) is 2.93. The molecule has 19 heavy (non-hydrogen) atoms. The van der Waals surface area contributed by atoms with Gasteiger partial charge in [-0.2, -0.15) is 0 Å². The molecule has 1 aromatic heterocycles. The maximum absolute atomic E-state index is 13.5. The third kappa shape index (κ3) is 2.78. The fourth-order valence-corrected chi connectivity index (χ4v) is 1.74. The van der Waals surface area contributed by atoms with Crippen molar-refractivity contribution < 1.29 is 13.6 Å². The zero-order chi connectivity index (χ0) is 13.8. The number of rotatable bonds is 4. The molecule has 0 spiro atoms. The molecule has 0 bridgehead atoms. The van der Waals surface area contributed by atoms with E-state index >= 15 is 0 Å². The van der Waals surface area contributed by atoms with E-state index in [0.717, 1.165) is 0 Å². The lowest BCUT2D eigenvalue weighted by atomic mass is 10.2. The minimum absolute atomic E-state index is 0.0784. The molecule has 100 valence electrons. The summed E-state index contributed by atoms with van der Waals surface area (Å²) in [6.45, 7) is 2.16. The highest BCUT2D eigenvalue weighted by atomic mass is 19.1. The number of halogens is 2. The molecule has 0 saturated carbocycles. The zero-order valence-corrected chi connectivity index (χ0v) is 10.4. The number of carbonyl (C=O) groups is 1. The Balaban J connectivity index is 2.30. The van der Waals surface area contributed by atoms with Crippen LogP contribution in [0, 0.1) is 11.6 Å². The summed E-state index contributed by atoms with van der Waals surface area (Å²) in [6, 6.07) is 3.66. The Hall–Kier alpha value is -2.24. The number of hydrogen-bond donors (Lipinski definition) is 1. The van der Waals surface area contributed by atoms with Gasteiger partial charge in [0.2, 0.25) is 0 Å². The minimum atomic E-state index is -0.643. The van der Waals surface area contributed by atoms with E-state index in [1.165, 1.54) is 35.2 Å². The molecule has 0 aliphatic heterocycles. The van der Waals surface area contributed by atoms with Crippen molar-refractivity contribution in [1.82, 2.24) is 14.9 Å². The number of carbonyl (C=O) groups excluding carboxylic acids is 1. The lowest BCUT2D eigenvalue weighted by Crippen LogP contribution is -2.26. The smallest absolute Gasteiger partial charge is 0.287 e. The molecule has 0 aliphatic rings. The van der Waals surface area contributed by atoms with Crippen molar-refractivity contribution in [3.63, 3.8) is 0 Å². The van der Waals surface area contributed by atoms with Crippen molar-refractivity contribution in [2.45, 2.75) is 13.5 Å². The van der Waals surface area contributed by atoms with Crippen LogP contribution in [0.25, 0.3) is 0 Å². The summed E-state index contributed by atoms with van der Waals surface area (Å²) in [5, 5.41) is 2.59. The van der Waals surface area contributed by atoms with E-state index in [2.05, 4.69) is 10.3 Å². The third-order valence-corrected chi connectivity index (χ3v) is 2.65. The molecule has 2 aromatic rings. The average Bonchev–Trinajstić information content (AvgIpc) is 2.82. The van der Waals surface area contributed by atoms with Gasteiger partial charge in [0, 0.05) is 24.5 Å². The Morgan fingerprint density at radius 1 is 1.37 bits per heavy atom. The van der Waals surface area contributed by atoms with Gasteiger partial charge in [-0.05, 0) is 19.1 Å². The van der Waals surface area contributed by atoms with E-state index in [0.29, 0.717) is 6.54 Å². The van der Waals surface area contributed by atoms with Gasteiger partial charge in [0.25, 0.3) is 5.91 Å². The highest BCUT2D eigenvalue weighted by molar-refractivity contribution is 5.90. The van der Waals surface area contributed by atoms with Crippen molar-refractivity contribution in [2.24, 2.45) is 0 Å². The van der Waals surface area contributed by atoms with Gasteiger partial charge in [0.05, 0.1) is 6.54 Å². The maximum Gasteiger partial charge on any atom is 0.287 e. The Labute approximate surface area is 109 Å². The van der Waals surface area contributed by atoms with Crippen LogP contribution in [-0.4, -0.2) is 22.0 Å². The molecule has 1 N–H and O–H groups in total. The SMILES string of the molecule is CCNC(=O)c1nccn1Cc1c(F)cccc1F. The van der Waals surface area contributed by atoms with Crippen LogP contribution in [0.15, 0.2) is 30.6 Å². The molecule has 0 aliphatic carbocycles. The van der Waals surface area contributed by atoms with Crippen LogP contribution >= 0.6 is 0 Å². The van der Waals surface area contributed by atoms with Crippen LogP contribution in [0.2, 0.25) is 0 Å². The van der Waals surface area contributed by atoms with Crippen LogP contribution in [0.3, 0.4) is 0 Å². The summed E-state index contributed by atoms with van der Waals surface area (Å²) in [4.78, 5) is 15.6. The van der Waals surface area contributed by atoms with E-state index in [9.17, 15) is 13.6 Å². The third-order valence-electron chi connectivity index (χ3n) is 2.65. The van der Waals surface area contributed by atoms with E-state index in [-0.39, 0.29) is 23.8 Å². The highest BCUT2D eigenvalue weighted by Gasteiger charge is 2.15. The summed E-state index contributed by atoms with van der Waals surface area (Å²) in [5.74, 6) is -1.53. The second-order valence-electron chi connectivity index (χ2n) is 3.94. The van der Waals surface area contributed by atoms with Crippen molar-refractivity contribution in [2.75, 3.05) is 6.54 Å². The lowest BCUT2D eigenvalue weighted by Gasteiger charge is -2.09. The summed E-state index contributed by atoms with van der Waals surface area (Å²) in [5.41, 5.74) is -0.0916. The van der Waals surface area contributed by atoms with Crippen LogP contribution in [0.4, 0.5) is 8.78 Å². The first-order valence-electron chi connectivity index (χ1n) is 5.85. The molecule has 4 nitrogen and oxygen atoms in total. The topological polar surface area (TPSA) is 46.9 Å². The normalized spacial score (nSPS) is 10.5.